The first-order valence-electron chi connectivity index (χ1n) is 4.24. The summed E-state index contributed by atoms with van der Waals surface area (Å²) in [5.74, 6) is 0. The number of nitrogens with one attached hydrogen (secondary N) is 1. The van der Waals surface area contributed by atoms with E-state index in [1.54, 1.807) is 0 Å². The van der Waals surface area contributed by atoms with Crippen LogP contribution in [0.1, 0.15) is 11.1 Å². The van der Waals surface area contributed by atoms with E-state index in [0.29, 0.717) is 11.6 Å². The van der Waals surface area contributed by atoms with E-state index in [4.69, 9.17) is 11.6 Å². The van der Waals surface area contributed by atoms with Gasteiger partial charge in [-0.2, -0.15) is 0 Å². The average molecular weight is 196 g/mol. The smallest absolute Gasteiger partial charge is 0.0501 e. The molecule has 0 aromatic heterocycles. The molecule has 13 heavy (non-hydrogen) atoms. The third kappa shape index (κ3) is 3.11. The highest BCUT2D eigenvalue weighted by Gasteiger charge is 1.95. The molecule has 0 aliphatic rings. The summed E-state index contributed by atoms with van der Waals surface area (Å²) in [5, 5.41) is 3.80. The highest BCUT2D eigenvalue weighted by molar-refractivity contribution is 6.29. The van der Waals surface area contributed by atoms with E-state index in [-0.39, 0.29) is 0 Å². The third-order valence-corrected chi connectivity index (χ3v) is 2.12. The van der Waals surface area contributed by atoms with Gasteiger partial charge in [0.25, 0.3) is 0 Å². The summed E-state index contributed by atoms with van der Waals surface area (Å²) >= 11 is 5.64. The van der Waals surface area contributed by atoms with Crippen LogP contribution in [0.25, 0.3) is 0 Å². The van der Waals surface area contributed by atoms with Crippen molar-refractivity contribution in [1.29, 1.82) is 0 Å². The highest BCUT2D eigenvalue weighted by atomic mass is 35.5. The minimum absolute atomic E-state index is 0.615. The predicted molar refractivity (Wildman–Crippen MR) is 59.4 cm³/mol. The standard InChI is InChI=1S/C11H14ClN/c1-8-4-5-11(6-9(8)2)13-7-10(3)12/h4-6,13H,3,7H2,1-2H3. The first kappa shape index (κ1) is 10.1. The molecule has 1 N–H and O–H groups in total. The van der Waals surface area contributed by atoms with E-state index >= 15 is 0 Å². The zero-order valence-electron chi connectivity index (χ0n) is 8.02. The van der Waals surface area contributed by atoms with Gasteiger partial charge >= 0.3 is 0 Å². The molecule has 1 aromatic carbocycles. The fourth-order valence-electron chi connectivity index (χ4n) is 1.05. The van der Waals surface area contributed by atoms with Crippen molar-refractivity contribution in [3.63, 3.8) is 0 Å². The Bertz CT molecular complexity index is 318. The number of hydrogen-bond acceptors (Lipinski definition) is 1. The Hall–Kier alpha value is -0.950. The van der Waals surface area contributed by atoms with Gasteiger partial charge in [0, 0.05) is 10.7 Å². The lowest BCUT2D eigenvalue weighted by Gasteiger charge is -2.07. The predicted octanol–water partition coefficient (Wildman–Crippen LogP) is 3.47. The Labute approximate surface area is 84.4 Å². The minimum atomic E-state index is 0.615. The molecule has 0 atom stereocenters. The quantitative estimate of drug-likeness (QED) is 0.779. The van der Waals surface area contributed by atoms with E-state index in [9.17, 15) is 0 Å². The Morgan fingerprint density at radius 3 is 2.62 bits per heavy atom. The van der Waals surface area contributed by atoms with Gasteiger partial charge in [0.15, 0.2) is 0 Å². The maximum absolute atomic E-state index is 5.64. The molecule has 0 radical (unpaired) electrons. The van der Waals surface area contributed by atoms with Gasteiger partial charge < -0.3 is 5.32 Å². The van der Waals surface area contributed by atoms with Crippen molar-refractivity contribution in [2.24, 2.45) is 0 Å². The molecule has 0 heterocycles. The van der Waals surface area contributed by atoms with Crippen LogP contribution >= 0.6 is 11.6 Å². The first-order valence-corrected chi connectivity index (χ1v) is 4.62. The number of rotatable bonds is 3. The second-order valence-electron chi connectivity index (χ2n) is 3.17. The van der Waals surface area contributed by atoms with Gasteiger partial charge in [0.05, 0.1) is 6.54 Å². The summed E-state index contributed by atoms with van der Waals surface area (Å²) < 4.78 is 0. The van der Waals surface area contributed by atoms with Gasteiger partial charge in [-0.3, -0.25) is 0 Å². The monoisotopic (exact) mass is 195 g/mol. The second-order valence-corrected chi connectivity index (χ2v) is 3.70. The maximum Gasteiger partial charge on any atom is 0.0501 e. The summed E-state index contributed by atoms with van der Waals surface area (Å²) in [6.45, 7) is 8.42. The summed E-state index contributed by atoms with van der Waals surface area (Å²) in [6, 6.07) is 6.24. The van der Waals surface area contributed by atoms with Gasteiger partial charge in [0.2, 0.25) is 0 Å². The molecule has 0 amide bonds. The van der Waals surface area contributed by atoms with E-state index in [1.165, 1.54) is 11.1 Å². The molecule has 0 spiro atoms. The molecule has 0 saturated carbocycles. The van der Waals surface area contributed by atoms with Gasteiger partial charge in [-0.25, -0.2) is 0 Å². The van der Waals surface area contributed by atoms with E-state index in [2.05, 4.69) is 37.9 Å². The van der Waals surface area contributed by atoms with Gasteiger partial charge in [-0.1, -0.05) is 24.2 Å². The number of hydrogen-bond donors (Lipinski definition) is 1. The summed E-state index contributed by atoms with van der Waals surface area (Å²) in [6.07, 6.45) is 0. The maximum atomic E-state index is 5.64. The van der Waals surface area contributed by atoms with Crippen LogP contribution in [0, 0.1) is 13.8 Å². The van der Waals surface area contributed by atoms with Crippen molar-refractivity contribution >= 4 is 17.3 Å². The molecule has 0 aliphatic carbocycles. The molecule has 0 aliphatic heterocycles. The lowest BCUT2D eigenvalue weighted by atomic mass is 10.1. The summed E-state index contributed by atoms with van der Waals surface area (Å²) in [5.41, 5.74) is 3.67. The summed E-state index contributed by atoms with van der Waals surface area (Å²) in [4.78, 5) is 0. The number of benzene rings is 1. The minimum Gasteiger partial charge on any atom is -0.380 e. The van der Waals surface area contributed by atoms with Crippen LogP contribution in [-0.2, 0) is 0 Å². The van der Waals surface area contributed by atoms with Crippen molar-refractivity contribution < 1.29 is 0 Å². The van der Waals surface area contributed by atoms with Crippen molar-refractivity contribution in [3.05, 3.63) is 40.9 Å². The molecular formula is C11H14ClN. The summed E-state index contributed by atoms with van der Waals surface area (Å²) in [7, 11) is 0. The molecule has 1 rings (SSSR count). The van der Waals surface area contributed by atoms with Crippen molar-refractivity contribution in [3.8, 4) is 0 Å². The molecule has 0 unspecified atom stereocenters. The Morgan fingerprint density at radius 2 is 2.08 bits per heavy atom. The van der Waals surface area contributed by atoms with Crippen LogP contribution in [-0.4, -0.2) is 6.54 Å². The Kier molecular flexibility index (Phi) is 3.38. The van der Waals surface area contributed by atoms with Gasteiger partial charge in [-0.05, 0) is 37.1 Å². The third-order valence-electron chi connectivity index (χ3n) is 1.99. The molecule has 1 aromatic rings. The van der Waals surface area contributed by atoms with Crippen molar-refractivity contribution in [2.45, 2.75) is 13.8 Å². The van der Waals surface area contributed by atoms with Crippen molar-refractivity contribution in [1.82, 2.24) is 0 Å². The topological polar surface area (TPSA) is 12.0 Å². The fraction of sp³-hybridized carbons (Fsp3) is 0.273. The molecule has 1 nitrogen and oxygen atoms in total. The number of halogens is 1. The molecule has 2 heteroatoms. The number of anilines is 1. The lowest BCUT2D eigenvalue weighted by molar-refractivity contribution is 1.28. The lowest BCUT2D eigenvalue weighted by Crippen LogP contribution is -2.00. The molecule has 70 valence electrons. The zero-order chi connectivity index (χ0) is 9.84. The van der Waals surface area contributed by atoms with E-state index in [1.807, 2.05) is 6.07 Å². The van der Waals surface area contributed by atoms with E-state index in [0.717, 1.165) is 5.69 Å². The van der Waals surface area contributed by atoms with Gasteiger partial charge in [0.1, 0.15) is 0 Å². The van der Waals surface area contributed by atoms with E-state index < -0.39 is 0 Å². The molecule has 0 saturated heterocycles. The van der Waals surface area contributed by atoms with Crippen LogP contribution in [0.5, 0.6) is 0 Å². The first-order chi connectivity index (χ1) is 6.09. The number of aryl methyl sites for hydroxylation is 2. The average Bonchev–Trinajstić information content (AvgIpc) is 2.07. The van der Waals surface area contributed by atoms with Crippen molar-refractivity contribution in [2.75, 3.05) is 11.9 Å². The normalized spacial score (nSPS) is 9.77. The molecule has 0 bridgehead atoms. The largest absolute Gasteiger partial charge is 0.380 e. The highest BCUT2D eigenvalue weighted by Crippen LogP contribution is 2.14. The fourth-order valence-corrected chi connectivity index (χ4v) is 1.12. The SMILES string of the molecule is C=C(Cl)CNc1ccc(C)c(C)c1. The zero-order valence-corrected chi connectivity index (χ0v) is 8.78. The second kappa shape index (κ2) is 4.33. The Morgan fingerprint density at radius 1 is 1.38 bits per heavy atom. The Balaban J connectivity index is 2.68. The van der Waals surface area contributed by atoms with Crippen LogP contribution in [0.2, 0.25) is 0 Å². The van der Waals surface area contributed by atoms with Crippen LogP contribution in [0.15, 0.2) is 29.8 Å². The van der Waals surface area contributed by atoms with Gasteiger partial charge in [-0.15, -0.1) is 0 Å². The van der Waals surface area contributed by atoms with Crippen LogP contribution < -0.4 is 5.32 Å². The molecular weight excluding hydrogens is 182 g/mol. The molecule has 0 fully saturated rings. The van der Waals surface area contributed by atoms with Crippen LogP contribution in [0.4, 0.5) is 5.69 Å². The van der Waals surface area contributed by atoms with Crippen LogP contribution in [0.3, 0.4) is 0 Å².